The molecule has 0 bridgehead atoms. The molecule has 0 spiro atoms. The van der Waals surface area contributed by atoms with Crippen molar-refractivity contribution in [2.24, 2.45) is 0 Å². The van der Waals surface area contributed by atoms with Crippen LogP contribution in [0.2, 0.25) is 0 Å². The Hall–Kier alpha value is -5.26. The zero-order valence-corrected chi connectivity index (χ0v) is 33.9. The summed E-state index contributed by atoms with van der Waals surface area (Å²) in [5.74, 6) is 0. The summed E-state index contributed by atoms with van der Waals surface area (Å²) < 4.78 is 11.8. The van der Waals surface area contributed by atoms with E-state index in [1.54, 1.807) is 77.9 Å². The second-order valence-electron chi connectivity index (χ2n) is 15.3. The van der Waals surface area contributed by atoms with E-state index >= 15 is 0 Å². The van der Waals surface area contributed by atoms with Gasteiger partial charge in [0.15, 0.2) is 0 Å². The van der Waals surface area contributed by atoms with Gasteiger partial charge in [0.05, 0.1) is 0 Å². The quantitative estimate of drug-likeness (QED) is 0.0677. The van der Waals surface area contributed by atoms with Crippen LogP contribution in [0.1, 0.15) is 76.6 Å². The molecule has 2 N–H and O–H groups in total. The molecule has 55 heavy (non-hydrogen) atoms. The van der Waals surface area contributed by atoms with Crippen molar-refractivity contribution in [2.45, 2.75) is 103 Å². The van der Waals surface area contributed by atoms with Gasteiger partial charge in [-0.1, -0.05) is 0 Å². The Balaban J connectivity index is 1.58. The summed E-state index contributed by atoms with van der Waals surface area (Å²) >= 11 is -0.798. The number of amides is 2. The molecular weight excluding hydrogens is 767 g/mol. The number of alkyl carbamates (subject to hydrolysis) is 2. The third-order valence-electron chi connectivity index (χ3n) is 8.37. The van der Waals surface area contributed by atoms with E-state index in [9.17, 15) is 29.8 Å². The van der Waals surface area contributed by atoms with Crippen molar-refractivity contribution in [1.29, 1.82) is 0 Å². The molecule has 0 aromatic heterocycles. The van der Waals surface area contributed by atoms with Gasteiger partial charge in [-0.05, 0) is 0 Å². The molecule has 1 unspecified atom stereocenters. The van der Waals surface area contributed by atoms with Crippen LogP contribution in [0.3, 0.4) is 0 Å². The first kappa shape index (κ1) is 42.5. The molecule has 0 aliphatic heterocycles. The number of carbonyl (C=O) groups excluding carboxylic acids is 2. The van der Waals surface area contributed by atoms with E-state index in [1.165, 1.54) is 0 Å². The molecule has 2 amide bonds. The fourth-order valence-corrected chi connectivity index (χ4v) is 8.47. The maximum absolute atomic E-state index is 12.8. The summed E-state index contributed by atoms with van der Waals surface area (Å²) in [6.07, 6.45) is 1.20. The van der Waals surface area contributed by atoms with Crippen LogP contribution in [0.4, 0.5) is 21.0 Å². The molecule has 12 nitrogen and oxygen atoms in total. The molecule has 0 saturated carbocycles. The number of carbonyl (C=O) groups is 2. The Labute approximate surface area is 328 Å². The van der Waals surface area contributed by atoms with Gasteiger partial charge in [-0.2, -0.15) is 0 Å². The summed E-state index contributed by atoms with van der Waals surface area (Å²) in [7, 11) is 0. The number of para-hydroxylation sites is 2. The van der Waals surface area contributed by atoms with E-state index in [2.05, 4.69) is 10.6 Å². The van der Waals surface area contributed by atoms with Gasteiger partial charge >= 0.3 is 330 Å². The fourth-order valence-electron chi connectivity index (χ4n) is 6.09. The van der Waals surface area contributed by atoms with Crippen molar-refractivity contribution in [3.8, 4) is 0 Å². The van der Waals surface area contributed by atoms with Crippen molar-refractivity contribution >= 4 is 47.4 Å². The first-order chi connectivity index (χ1) is 26.0. The van der Waals surface area contributed by atoms with Crippen LogP contribution in [0, 0.1) is 20.2 Å². The molecule has 0 aliphatic carbocycles. The minimum atomic E-state index is -0.798. The fraction of sp³-hybridized carbons (Fsp3) is 0.381. The van der Waals surface area contributed by atoms with Crippen molar-refractivity contribution in [1.82, 2.24) is 10.6 Å². The van der Waals surface area contributed by atoms with Crippen LogP contribution in [0.25, 0.3) is 0 Å². The molecule has 0 heterocycles. The molecule has 4 aromatic rings. The van der Waals surface area contributed by atoms with E-state index < -0.39 is 48.2 Å². The van der Waals surface area contributed by atoms with Crippen LogP contribution >= 0.6 is 0 Å². The first-order valence-electron chi connectivity index (χ1n) is 18.2. The van der Waals surface area contributed by atoms with Gasteiger partial charge in [0.25, 0.3) is 0 Å². The van der Waals surface area contributed by atoms with Gasteiger partial charge in [0.2, 0.25) is 0 Å². The van der Waals surface area contributed by atoms with Crippen LogP contribution < -0.4 is 19.6 Å². The third-order valence-corrected chi connectivity index (χ3v) is 10.7. The molecule has 0 fully saturated rings. The van der Waals surface area contributed by atoms with E-state index in [4.69, 9.17) is 9.47 Å². The predicted octanol–water partition coefficient (Wildman–Crippen LogP) is 7.30. The number of rotatable bonds is 16. The summed E-state index contributed by atoms with van der Waals surface area (Å²) in [6, 6.07) is 28.7. The molecule has 2 atom stereocenters. The monoisotopic (exact) mass is 818 g/mol. The Kier molecular flexibility index (Phi) is 15.0. The van der Waals surface area contributed by atoms with Crippen molar-refractivity contribution in [2.75, 3.05) is 0 Å². The number of nitrogens with one attached hydrogen (secondary N) is 2. The Morgan fingerprint density at radius 1 is 0.600 bits per heavy atom. The van der Waals surface area contributed by atoms with Crippen molar-refractivity contribution in [3.05, 3.63) is 140 Å². The number of aryl methyl sites for hydroxylation is 2. The summed E-state index contributed by atoms with van der Waals surface area (Å²) in [6.45, 7) is 10.7. The van der Waals surface area contributed by atoms with Gasteiger partial charge in [-0.15, -0.1) is 0 Å². The summed E-state index contributed by atoms with van der Waals surface area (Å²) in [4.78, 5) is 50.0. The van der Waals surface area contributed by atoms with Crippen molar-refractivity contribution in [3.63, 3.8) is 0 Å². The zero-order valence-electron chi connectivity index (χ0n) is 32.2. The number of nitro benzene ring substituents is 2. The number of hydrogen-bond donors (Lipinski definition) is 2. The molecule has 4 aromatic carbocycles. The molecule has 0 saturated heterocycles. The van der Waals surface area contributed by atoms with E-state index in [-0.39, 0.29) is 36.3 Å². The molecule has 0 radical (unpaired) electrons. The van der Waals surface area contributed by atoms with Gasteiger partial charge in [-0.3, -0.25) is 0 Å². The summed E-state index contributed by atoms with van der Waals surface area (Å²) in [5.41, 5.74) is 1.39. The second-order valence-corrected chi connectivity index (χ2v) is 17.6. The first-order valence-corrected chi connectivity index (χ1v) is 20.0. The average molecular weight is 818 g/mol. The number of nitro groups is 2. The minimum absolute atomic E-state index is 0.0811. The van der Waals surface area contributed by atoms with Crippen LogP contribution in [-0.4, -0.2) is 60.3 Å². The molecular formula is C42H50N4O8Se. The van der Waals surface area contributed by atoms with Crippen molar-refractivity contribution < 1.29 is 28.9 Å². The SMILES string of the molecule is CC(C)(C)OC(=O)NC(CCc1cccc([Se]c2cccc(CC[C@@H](Cc3ccccc3)NC(=O)OC(C)(C)C)c2[N+](=O)[O-])c1[N+](=O)[O-])Cc1ccccc1. The average Bonchev–Trinajstić information content (AvgIpc) is 3.08. The van der Waals surface area contributed by atoms with Crippen LogP contribution in [0.15, 0.2) is 97.1 Å². The number of benzene rings is 4. The topological polar surface area (TPSA) is 163 Å². The Morgan fingerprint density at radius 3 is 1.29 bits per heavy atom. The third kappa shape index (κ3) is 14.2. The molecule has 4 rings (SSSR count). The van der Waals surface area contributed by atoms with Crippen LogP contribution in [-0.2, 0) is 35.2 Å². The second kappa shape index (κ2) is 19.4. The zero-order chi connectivity index (χ0) is 40.2. The Bertz CT molecular complexity index is 1790. The Morgan fingerprint density at radius 2 is 0.964 bits per heavy atom. The summed E-state index contributed by atoms with van der Waals surface area (Å²) in [5, 5.41) is 31.2. The van der Waals surface area contributed by atoms with Crippen LogP contribution in [0.5, 0.6) is 0 Å². The van der Waals surface area contributed by atoms with E-state index in [0.717, 1.165) is 11.1 Å². The normalized spacial score (nSPS) is 12.6. The predicted molar refractivity (Wildman–Crippen MR) is 214 cm³/mol. The molecule has 292 valence electrons. The van der Waals surface area contributed by atoms with Gasteiger partial charge in [0, 0.05) is 0 Å². The molecule has 13 heteroatoms. The number of ether oxygens (including phenoxy) is 2. The van der Waals surface area contributed by atoms with Gasteiger partial charge in [0.1, 0.15) is 0 Å². The number of hydrogen-bond acceptors (Lipinski definition) is 8. The van der Waals surface area contributed by atoms with E-state index in [0.29, 0.717) is 45.7 Å². The van der Waals surface area contributed by atoms with Gasteiger partial charge in [-0.25, -0.2) is 0 Å². The number of nitrogens with zero attached hydrogens (tertiary/aromatic N) is 2. The standard InChI is InChI=1S/C42H50N4O8Se/c1-41(2,3)53-39(47)43-33(27-29-15-9-7-10-16-29)25-23-31-19-13-21-35(37(31)45(49)50)55-36-22-14-20-32(38(36)46(51)52)24-26-34(28-30-17-11-8-12-18-30)44-40(48)54-42(4,5)6/h7-22,33-34H,23-28H2,1-6H3,(H,43,47)(H,44,48)/t33-,34?/m0/s1. The molecule has 0 aliphatic rings. The van der Waals surface area contributed by atoms with E-state index in [1.807, 2.05) is 60.7 Å². The van der Waals surface area contributed by atoms with Gasteiger partial charge < -0.3 is 0 Å². The maximum atomic E-state index is 12.8.